The molecule has 1 saturated heterocycles. The van der Waals surface area contributed by atoms with Gasteiger partial charge in [-0.15, -0.1) is 0 Å². The maximum Gasteiger partial charge on any atom is 0.408 e. The molecule has 1 aliphatic carbocycles. The van der Waals surface area contributed by atoms with Crippen LogP contribution in [0.15, 0.2) is 42.5 Å². The topological polar surface area (TPSA) is 116 Å². The van der Waals surface area contributed by atoms with Crippen molar-refractivity contribution in [2.24, 2.45) is 0 Å². The fourth-order valence-electron chi connectivity index (χ4n) is 4.56. The number of amides is 5. The van der Waals surface area contributed by atoms with Crippen LogP contribution >= 0.6 is 0 Å². The maximum atomic E-state index is 13.6. The molecule has 0 saturated carbocycles. The molecule has 5 amide bonds. The number of benzene rings is 2. The van der Waals surface area contributed by atoms with E-state index < -0.39 is 72.6 Å². The molecule has 0 radical (unpaired) electrons. The number of urea groups is 1. The summed E-state index contributed by atoms with van der Waals surface area (Å²) in [6.07, 6.45) is -5.28. The molecule has 2 aliphatic rings. The van der Waals surface area contributed by atoms with Gasteiger partial charge in [0, 0.05) is 31.1 Å². The van der Waals surface area contributed by atoms with Crippen LogP contribution in [0.2, 0.25) is 0 Å². The zero-order valence-corrected chi connectivity index (χ0v) is 20.2. The molecule has 1 aliphatic heterocycles. The first-order chi connectivity index (χ1) is 17.7. The number of Topliss-reactive ketones (excluding diaryl/α,β-unsaturated/α-hetero) is 1. The highest BCUT2D eigenvalue weighted by Crippen LogP contribution is 2.42. The van der Waals surface area contributed by atoms with Crippen LogP contribution in [-0.2, 0) is 26.5 Å². The molecule has 2 N–H and O–H groups in total. The average Bonchev–Trinajstić information content (AvgIpc) is 3.24. The first kappa shape index (κ1) is 26.8. The van der Waals surface area contributed by atoms with Crippen molar-refractivity contribution in [3.63, 3.8) is 0 Å². The number of halogens is 4. The Hall–Kier alpha value is -4.29. The summed E-state index contributed by atoms with van der Waals surface area (Å²) in [5, 5.41) is 4.94. The third-order valence-electron chi connectivity index (χ3n) is 6.52. The van der Waals surface area contributed by atoms with Crippen LogP contribution < -0.4 is 10.6 Å². The average molecular weight is 534 g/mol. The molecule has 0 aromatic heterocycles. The van der Waals surface area contributed by atoms with Gasteiger partial charge in [0.2, 0.25) is 11.8 Å². The Morgan fingerprint density at radius 2 is 1.79 bits per heavy atom. The van der Waals surface area contributed by atoms with Crippen LogP contribution in [0.4, 0.5) is 28.0 Å². The number of carbonyl (C=O) groups excluding carboxylic acids is 5. The number of carbonyl (C=O) groups is 5. The predicted octanol–water partition coefficient (Wildman–Crippen LogP) is 3.10. The van der Waals surface area contributed by atoms with Gasteiger partial charge in [-0.2, -0.15) is 13.2 Å². The second-order valence-electron chi connectivity index (χ2n) is 9.13. The fraction of sp³-hybridized carbons (Fsp3) is 0.320. The molecule has 13 heteroatoms. The Morgan fingerprint density at radius 1 is 1.13 bits per heavy atom. The molecule has 2 atom stereocenters. The van der Waals surface area contributed by atoms with Gasteiger partial charge in [0.25, 0.3) is 5.91 Å². The zero-order valence-electron chi connectivity index (χ0n) is 20.2. The summed E-state index contributed by atoms with van der Waals surface area (Å²) in [7, 11) is 0. The number of hydrogen-bond donors (Lipinski definition) is 2. The number of nitrogens with one attached hydrogen (secondary N) is 2. The first-order valence-electron chi connectivity index (χ1n) is 11.4. The number of rotatable bonds is 6. The molecule has 1 heterocycles. The number of imide groups is 1. The van der Waals surface area contributed by atoms with Crippen LogP contribution in [0.5, 0.6) is 0 Å². The highest BCUT2D eigenvalue weighted by molar-refractivity contribution is 6.17. The van der Waals surface area contributed by atoms with E-state index in [1.807, 2.05) is 0 Å². The normalized spacial score (nSPS) is 19.4. The van der Waals surface area contributed by atoms with E-state index in [0.29, 0.717) is 15.5 Å². The molecule has 200 valence electrons. The van der Waals surface area contributed by atoms with Crippen molar-refractivity contribution in [3.05, 3.63) is 65.0 Å². The maximum absolute atomic E-state index is 13.6. The van der Waals surface area contributed by atoms with Crippen molar-refractivity contribution < 1.29 is 41.5 Å². The number of nitrogens with zero attached hydrogens (tertiary/aromatic N) is 2. The molecular weight excluding hydrogens is 512 g/mol. The van der Waals surface area contributed by atoms with Gasteiger partial charge in [-0.05, 0) is 42.3 Å². The van der Waals surface area contributed by atoms with Gasteiger partial charge >= 0.3 is 12.2 Å². The van der Waals surface area contributed by atoms with E-state index in [0.717, 1.165) is 19.1 Å². The van der Waals surface area contributed by atoms with Crippen LogP contribution in [0, 0.1) is 5.82 Å². The van der Waals surface area contributed by atoms with Crippen LogP contribution in [0.3, 0.4) is 0 Å². The molecule has 0 bridgehead atoms. The van der Waals surface area contributed by atoms with E-state index in [4.69, 9.17) is 0 Å². The Bertz CT molecular complexity index is 1340. The van der Waals surface area contributed by atoms with Crippen molar-refractivity contribution in [2.45, 2.75) is 44.6 Å². The van der Waals surface area contributed by atoms with Gasteiger partial charge in [0.1, 0.15) is 18.4 Å². The highest BCUT2D eigenvalue weighted by Gasteiger charge is 2.58. The molecule has 9 nitrogen and oxygen atoms in total. The lowest BCUT2D eigenvalue weighted by molar-refractivity contribution is -0.187. The SMILES string of the molecule is CC(=O)Nc1ccc2c(c1)C(=O)CC21NC(=O)N(CC(=O)N(Cc2ccc(F)cc2)[C@@H](C)C(F)(F)F)C1=O. The molecule has 4 rings (SSSR count). The van der Waals surface area contributed by atoms with E-state index in [1.165, 1.54) is 37.3 Å². The van der Waals surface area contributed by atoms with Gasteiger partial charge in [0.15, 0.2) is 11.3 Å². The summed E-state index contributed by atoms with van der Waals surface area (Å²) in [6, 6.07) is 5.36. The number of fused-ring (bicyclic) bond motifs is 2. The third-order valence-corrected chi connectivity index (χ3v) is 6.52. The van der Waals surface area contributed by atoms with Crippen LogP contribution in [0.1, 0.15) is 41.8 Å². The summed E-state index contributed by atoms with van der Waals surface area (Å²) < 4.78 is 54.0. The molecule has 2 aromatic rings. The smallest absolute Gasteiger partial charge is 0.326 e. The lowest BCUT2D eigenvalue weighted by Gasteiger charge is -2.32. The first-order valence-corrected chi connectivity index (χ1v) is 11.4. The summed E-state index contributed by atoms with van der Waals surface area (Å²) >= 11 is 0. The number of hydrogen-bond acceptors (Lipinski definition) is 5. The van der Waals surface area contributed by atoms with Crippen molar-refractivity contribution in [2.75, 3.05) is 11.9 Å². The Morgan fingerprint density at radius 3 is 2.39 bits per heavy atom. The van der Waals surface area contributed by atoms with E-state index in [2.05, 4.69) is 10.6 Å². The lowest BCUT2D eigenvalue weighted by Crippen LogP contribution is -2.51. The zero-order chi connectivity index (χ0) is 28.0. The van der Waals surface area contributed by atoms with E-state index >= 15 is 0 Å². The molecule has 1 unspecified atom stereocenters. The summed E-state index contributed by atoms with van der Waals surface area (Å²) in [5.41, 5.74) is -1.09. The second-order valence-corrected chi connectivity index (χ2v) is 9.13. The van der Waals surface area contributed by atoms with Crippen molar-refractivity contribution in [1.29, 1.82) is 0 Å². The predicted molar refractivity (Wildman–Crippen MR) is 124 cm³/mol. The van der Waals surface area contributed by atoms with Crippen molar-refractivity contribution in [3.8, 4) is 0 Å². The second kappa shape index (κ2) is 9.54. The van der Waals surface area contributed by atoms with Crippen LogP contribution in [-0.4, -0.2) is 58.1 Å². The molecule has 1 fully saturated rings. The number of alkyl halides is 3. The molecular formula is C25H22F4N4O5. The Balaban J connectivity index is 1.60. The minimum Gasteiger partial charge on any atom is -0.326 e. The highest BCUT2D eigenvalue weighted by atomic mass is 19.4. The largest absolute Gasteiger partial charge is 0.408 e. The lowest BCUT2D eigenvalue weighted by atomic mass is 9.91. The minimum absolute atomic E-state index is 0.0849. The monoisotopic (exact) mass is 534 g/mol. The molecule has 38 heavy (non-hydrogen) atoms. The standard InChI is InChI=1S/C25H22F4N4O5/c1-13(25(27,28)29)32(11-15-3-5-16(26)6-4-15)21(36)12-33-22(37)24(31-23(33)38)10-20(35)18-9-17(30-14(2)34)7-8-19(18)24/h3-9,13H,10-12H2,1-2H3,(H,30,34)(H,31,38)/t13-,24?/m0/s1. The fourth-order valence-corrected chi connectivity index (χ4v) is 4.56. The number of anilines is 1. The van der Waals surface area contributed by atoms with Gasteiger partial charge in [0.05, 0.1) is 0 Å². The Kier molecular flexibility index (Phi) is 6.72. The van der Waals surface area contributed by atoms with Crippen molar-refractivity contribution >= 4 is 35.2 Å². The summed E-state index contributed by atoms with van der Waals surface area (Å²) in [6.45, 7) is 0.460. The summed E-state index contributed by atoms with van der Waals surface area (Å²) in [5.74, 6) is -3.64. The van der Waals surface area contributed by atoms with E-state index in [1.54, 1.807) is 0 Å². The van der Waals surface area contributed by atoms with E-state index in [9.17, 15) is 41.5 Å². The van der Waals surface area contributed by atoms with Gasteiger partial charge in [-0.25, -0.2) is 9.18 Å². The molecule has 1 spiro atoms. The Labute approximate surface area is 213 Å². The summed E-state index contributed by atoms with van der Waals surface area (Å²) in [4.78, 5) is 64.3. The van der Waals surface area contributed by atoms with Crippen molar-refractivity contribution in [1.82, 2.24) is 15.1 Å². The van der Waals surface area contributed by atoms with E-state index in [-0.39, 0.29) is 16.7 Å². The third kappa shape index (κ3) is 4.83. The van der Waals surface area contributed by atoms with Crippen LogP contribution in [0.25, 0.3) is 0 Å². The quantitative estimate of drug-likeness (QED) is 0.437. The van der Waals surface area contributed by atoms with Gasteiger partial charge < -0.3 is 15.5 Å². The molecule has 2 aromatic carbocycles. The number of ketones is 1. The van der Waals surface area contributed by atoms with Gasteiger partial charge in [-0.3, -0.25) is 24.1 Å². The van der Waals surface area contributed by atoms with Gasteiger partial charge in [-0.1, -0.05) is 18.2 Å². The minimum atomic E-state index is -4.82.